The minimum Gasteiger partial charge on any atom is -0.497 e. The van der Waals surface area contributed by atoms with Gasteiger partial charge in [0.15, 0.2) is 0 Å². The van der Waals surface area contributed by atoms with E-state index in [1.807, 2.05) is 31.2 Å². The van der Waals surface area contributed by atoms with E-state index in [0.717, 1.165) is 26.7 Å². The van der Waals surface area contributed by atoms with Gasteiger partial charge in [-0.05, 0) is 42.8 Å². The first-order valence-corrected chi connectivity index (χ1v) is 9.21. The number of methoxy groups -OCH3 is 1. The Hall–Kier alpha value is -3.32. The van der Waals surface area contributed by atoms with Crippen LogP contribution < -0.4 is 10.3 Å². The number of pyridine rings is 1. The van der Waals surface area contributed by atoms with Crippen molar-refractivity contribution >= 4 is 42.7 Å². The van der Waals surface area contributed by atoms with Gasteiger partial charge in [0.25, 0.3) is 5.56 Å². The lowest BCUT2D eigenvalue weighted by Crippen LogP contribution is -2.21. The summed E-state index contributed by atoms with van der Waals surface area (Å²) >= 11 is 1.36. The van der Waals surface area contributed by atoms with E-state index >= 15 is 0 Å². The summed E-state index contributed by atoms with van der Waals surface area (Å²) < 4.78 is 7.04. The molecule has 0 bridgehead atoms. The molecule has 0 unspecified atom stereocenters. The quantitative estimate of drug-likeness (QED) is 0.469. The van der Waals surface area contributed by atoms with Gasteiger partial charge in [0.05, 0.1) is 18.3 Å². The lowest BCUT2D eigenvalue weighted by molar-refractivity contribution is 0.414. The summed E-state index contributed by atoms with van der Waals surface area (Å²) in [5.74, 6) is 0.717. The molecule has 0 saturated carbocycles. The molecule has 0 aliphatic carbocycles. The van der Waals surface area contributed by atoms with E-state index in [9.17, 15) is 4.79 Å². The maximum absolute atomic E-state index is 13.1. The maximum atomic E-state index is 13.1. The highest BCUT2D eigenvalue weighted by molar-refractivity contribution is 7.25. The van der Waals surface area contributed by atoms with E-state index < -0.39 is 0 Å². The number of hydrogen-bond donors (Lipinski definition) is 0. The molecule has 0 N–H and O–H groups in total. The zero-order valence-electron chi connectivity index (χ0n) is 14.6. The van der Waals surface area contributed by atoms with E-state index in [1.54, 1.807) is 31.4 Å². The van der Waals surface area contributed by atoms with Crippen LogP contribution in [0.4, 0.5) is 0 Å². The number of nitrogens with zero attached hydrogens (tertiary/aromatic N) is 4. The summed E-state index contributed by atoms with van der Waals surface area (Å²) in [4.78, 5) is 18.6. The molecule has 5 rings (SSSR count). The second-order valence-corrected chi connectivity index (χ2v) is 7.22. The fourth-order valence-electron chi connectivity index (χ4n) is 3.32. The van der Waals surface area contributed by atoms with Gasteiger partial charge in [0, 0.05) is 10.8 Å². The average Bonchev–Trinajstić information content (AvgIpc) is 3.08. The molecule has 0 atom stereocenters. The van der Waals surface area contributed by atoms with Crippen molar-refractivity contribution in [1.29, 1.82) is 0 Å². The van der Waals surface area contributed by atoms with Crippen molar-refractivity contribution in [3.8, 4) is 11.4 Å². The van der Waals surface area contributed by atoms with E-state index in [1.165, 1.54) is 16.0 Å². The largest absolute Gasteiger partial charge is 0.497 e. The average molecular weight is 374 g/mol. The zero-order valence-corrected chi connectivity index (χ0v) is 15.4. The third-order valence-electron chi connectivity index (χ3n) is 4.71. The first-order chi connectivity index (χ1) is 13.2. The Bertz CT molecular complexity index is 1390. The number of para-hydroxylation sites is 1. The van der Waals surface area contributed by atoms with Crippen LogP contribution in [0.1, 0.15) is 5.56 Å². The van der Waals surface area contributed by atoms with Gasteiger partial charge in [0.2, 0.25) is 0 Å². The molecule has 5 aromatic rings. The molecule has 0 amide bonds. The van der Waals surface area contributed by atoms with Gasteiger partial charge >= 0.3 is 0 Å². The molecular formula is C20H14N4O2S. The number of thiophene rings is 1. The van der Waals surface area contributed by atoms with Crippen LogP contribution in [0.15, 0.2) is 53.3 Å². The SMILES string of the molecule is COc1ccc(-n2nnc3c(sc4nc5ccccc5c(C)c43)c2=O)cc1. The van der Waals surface area contributed by atoms with E-state index in [2.05, 4.69) is 10.3 Å². The highest BCUT2D eigenvalue weighted by Gasteiger charge is 2.17. The summed E-state index contributed by atoms with van der Waals surface area (Å²) in [6.45, 7) is 2.04. The Morgan fingerprint density at radius 1 is 1.07 bits per heavy atom. The summed E-state index contributed by atoms with van der Waals surface area (Å²) in [5.41, 5.74) is 3.04. The molecule has 2 aromatic carbocycles. The van der Waals surface area contributed by atoms with Crippen LogP contribution in [0.5, 0.6) is 5.75 Å². The highest BCUT2D eigenvalue weighted by atomic mass is 32.1. The molecule has 6 nitrogen and oxygen atoms in total. The molecule has 0 saturated heterocycles. The van der Waals surface area contributed by atoms with Crippen LogP contribution >= 0.6 is 11.3 Å². The topological polar surface area (TPSA) is 69.9 Å². The molecule has 0 aliphatic heterocycles. The Labute approximate surface area is 157 Å². The Kier molecular flexibility index (Phi) is 3.45. The number of ether oxygens (including phenoxy) is 1. The molecule has 3 heterocycles. The Balaban J connectivity index is 1.81. The van der Waals surface area contributed by atoms with Gasteiger partial charge in [-0.2, -0.15) is 4.68 Å². The van der Waals surface area contributed by atoms with Gasteiger partial charge in [-0.1, -0.05) is 23.4 Å². The second-order valence-electron chi connectivity index (χ2n) is 6.22. The molecule has 0 radical (unpaired) electrons. The number of hydrogen-bond acceptors (Lipinski definition) is 6. The normalized spacial score (nSPS) is 11.5. The molecule has 0 spiro atoms. The van der Waals surface area contributed by atoms with Crippen LogP contribution in [0, 0.1) is 6.92 Å². The summed E-state index contributed by atoms with van der Waals surface area (Å²) in [6, 6.07) is 15.1. The number of aromatic nitrogens is 4. The van der Waals surface area contributed by atoms with Crippen molar-refractivity contribution in [1.82, 2.24) is 20.0 Å². The van der Waals surface area contributed by atoms with Gasteiger partial charge in [-0.3, -0.25) is 4.79 Å². The van der Waals surface area contributed by atoms with Gasteiger partial charge < -0.3 is 4.74 Å². The van der Waals surface area contributed by atoms with Crippen LogP contribution in [0.2, 0.25) is 0 Å². The van der Waals surface area contributed by atoms with Crippen LogP contribution in [0.25, 0.3) is 37.0 Å². The van der Waals surface area contributed by atoms with Gasteiger partial charge in [0.1, 0.15) is 20.8 Å². The van der Waals surface area contributed by atoms with Crippen molar-refractivity contribution in [2.45, 2.75) is 6.92 Å². The molecule has 7 heteroatoms. The summed E-state index contributed by atoms with van der Waals surface area (Å²) in [7, 11) is 1.60. The molecule has 0 fully saturated rings. The smallest absolute Gasteiger partial charge is 0.292 e. The van der Waals surface area contributed by atoms with Crippen molar-refractivity contribution < 1.29 is 4.74 Å². The number of benzene rings is 2. The van der Waals surface area contributed by atoms with Crippen LogP contribution in [0.3, 0.4) is 0 Å². The van der Waals surface area contributed by atoms with E-state index in [-0.39, 0.29) is 5.56 Å². The molecular weight excluding hydrogens is 360 g/mol. The predicted molar refractivity (Wildman–Crippen MR) is 107 cm³/mol. The number of rotatable bonds is 2. The third kappa shape index (κ3) is 2.32. The lowest BCUT2D eigenvalue weighted by atomic mass is 10.1. The van der Waals surface area contributed by atoms with Crippen LogP contribution in [-0.2, 0) is 0 Å². The standard InChI is InChI=1S/C20H14N4O2S/c1-11-14-5-3-4-6-15(14)21-19-16(11)17-18(27-19)20(25)24(23-22-17)12-7-9-13(26-2)10-8-12/h3-10H,1-2H3. The minimum absolute atomic E-state index is 0.198. The lowest BCUT2D eigenvalue weighted by Gasteiger charge is -2.05. The first kappa shape index (κ1) is 15.9. The predicted octanol–water partition coefficient (Wildman–Crippen LogP) is 3.86. The first-order valence-electron chi connectivity index (χ1n) is 8.39. The summed E-state index contributed by atoms with van der Waals surface area (Å²) in [6.07, 6.45) is 0. The van der Waals surface area contributed by atoms with E-state index in [4.69, 9.17) is 9.72 Å². The van der Waals surface area contributed by atoms with Crippen molar-refractivity contribution in [3.63, 3.8) is 0 Å². The molecule has 3 aromatic heterocycles. The number of aryl methyl sites for hydroxylation is 1. The maximum Gasteiger partial charge on any atom is 0.292 e. The van der Waals surface area contributed by atoms with Gasteiger partial charge in [-0.25, -0.2) is 4.98 Å². The van der Waals surface area contributed by atoms with E-state index in [0.29, 0.717) is 21.7 Å². The number of fused-ring (bicyclic) bond motifs is 4. The highest BCUT2D eigenvalue weighted by Crippen LogP contribution is 2.34. The van der Waals surface area contributed by atoms with Crippen LogP contribution in [-0.4, -0.2) is 27.1 Å². The van der Waals surface area contributed by atoms with Crippen molar-refractivity contribution in [2.75, 3.05) is 7.11 Å². The van der Waals surface area contributed by atoms with Crippen molar-refractivity contribution in [3.05, 3.63) is 64.4 Å². The third-order valence-corrected chi connectivity index (χ3v) is 5.77. The zero-order chi connectivity index (χ0) is 18.5. The monoisotopic (exact) mass is 374 g/mol. The Morgan fingerprint density at radius 3 is 2.63 bits per heavy atom. The van der Waals surface area contributed by atoms with Crippen molar-refractivity contribution in [2.24, 2.45) is 0 Å². The molecule has 0 aliphatic rings. The fraction of sp³-hybridized carbons (Fsp3) is 0.100. The fourth-order valence-corrected chi connectivity index (χ4v) is 4.42. The summed E-state index contributed by atoms with van der Waals surface area (Å²) in [5, 5.41) is 10.5. The van der Waals surface area contributed by atoms with Gasteiger partial charge in [-0.15, -0.1) is 16.4 Å². The second kappa shape index (κ2) is 5.85. The Morgan fingerprint density at radius 2 is 1.85 bits per heavy atom. The molecule has 132 valence electrons. The molecule has 27 heavy (non-hydrogen) atoms. The minimum atomic E-state index is -0.198.